The molecule has 0 aromatic heterocycles. The first-order chi connectivity index (χ1) is 15.0. The average molecular weight is 437 g/mol. The lowest BCUT2D eigenvalue weighted by molar-refractivity contribution is -0.302. The van der Waals surface area contributed by atoms with Gasteiger partial charge in [0.25, 0.3) is 0 Å². The third-order valence-corrected chi connectivity index (χ3v) is 7.49. The summed E-state index contributed by atoms with van der Waals surface area (Å²) < 4.78 is 38.3. The molecule has 31 heavy (non-hydrogen) atoms. The van der Waals surface area contributed by atoms with Crippen molar-refractivity contribution in [3.63, 3.8) is 0 Å². The van der Waals surface area contributed by atoms with Crippen LogP contribution in [0.3, 0.4) is 0 Å². The van der Waals surface area contributed by atoms with Gasteiger partial charge in [-0.25, -0.2) is 4.79 Å². The van der Waals surface area contributed by atoms with Crippen molar-refractivity contribution in [1.29, 1.82) is 0 Å². The monoisotopic (exact) mass is 436 g/mol. The van der Waals surface area contributed by atoms with Crippen LogP contribution in [0.5, 0.6) is 0 Å². The Kier molecular flexibility index (Phi) is 5.93. The molecule has 0 aromatic rings. The van der Waals surface area contributed by atoms with Crippen LogP contribution in [0.15, 0.2) is 12.2 Å². The number of ether oxygens (including phenoxy) is 6. The van der Waals surface area contributed by atoms with Crippen LogP contribution in [0.4, 0.5) is 0 Å². The molecule has 5 rings (SSSR count). The number of rotatable bonds is 3. The maximum absolute atomic E-state index is 12.2. The minimum absolute atomic E-state index is 0.0370. The lowest BCUT2D eigenvalue weighted by Gasteiger charge is -2.40. The van der Waals surface area contributed by atoms with Gasteiger partial charge in [0.2, 0.25) is 5.79 Å². The summed E-state index contributed by atoms with van der Waals surface area (Å²) in [6.45, 7) is 5.62. The molecule has 7 nitrogen and oxygen atoms in total. The summed E-state index contributed by atoms with van der Waals surface area (Å²) in [5.41, 5.74) is 0.350. The molecule has 2 saturated carbocycles. The second-order valence-electron chi connectivity index (χ2n) is 10.0. The van der Waals surface area contributed by atoms with Gasteiger partial charge in [0.05, 0.1) is 6.61 Å². The van der Waals surface area contributed by atoms with E-state index < -0.39 is 29.4 Å². The quantitative estimate of drug-likeness (QED) is 0.486. The van der Waals surface area contributed by atoms with E-state index in [1.165, 1.54) is 25.7 Å². The van der Waals surface area contributed by atoms with E-state index >= 15 is 0 Å². The molecule has 0 N–H and O–H groups in total. The smallest absolute Gasteiger partial charge is 0.333 e. The van der Waals surface area contributed by atoms with Gasteiger partial charge in [-0.2, -0.15) is 0 Å². The summed E-state index contributed by atoms with van der Waals surface area (Å²) in [6, 6.07) is 0. The Labute approximate surface area is 184 Å². The van der Waals surface area contributed by atoms with Crippen LogP contribution in [-0.4, -0.2) is 54.9 Å². The first-order valence-electron chi connectivity index (χ1n) is 12.2. The molecule has 5 aliphatic rings. The third-order valence-electron chi connectivity index (χ3n) is 7.49. The summed E-state index contributed by atoms with van der Waals surface area (Å²) in [6.07, 6.45) is 11.5. The summed E-state index contributed by atoms with van der Waals surface area (Å²) in [5, 5.41) is 0. The van der Waals surface area contributed by atoms with E-state index in [4.69, 9.17) is 28.4 Å². The largest absolute Gasteiger partial charge is 0.456 e. The van der Waals surface area contributed by atoms with Crippen LogP contribution in [0.2, 0.25) is 0 Å². The Morgan fingerprint density at radius 2 is 1.52 bits per heavy atom. The predicted molar refractivity (Wildman–Crippen MR) is 111 cm³/mol. The normalized spacial score (nSPS) is 38.8. The van der Waals surface area contributed by atoms with Gasteiger partial charge in [0, 0.05) is 31.3 Å². The third kappa shape index (κ3) is 4.08. The molecule has 3 aliphatic heterocycles. The molecule has 0 amide bonds. The summed E-state index contributed by atoms with van der Waals surface area (Å²) >= 11 is 0. The van der Waals surface area contributed by atoms with Gasteiger partial charge in [-0.1, -0.05) is 32.3 Å². The number of esters is 1. The first-order valence-corrected chi connectivity index (χ1v) is 12.2. The standard InChI is InChI=1S/C24H36O7/c1-17(2)21(25)26-16-24-20(30-23(31-24)13-9-5-6-10-14-23)19-18(15-27-24)28-22(29-19)11-7-3-4-8-12-22/h18-20H,1,3-16H2,2H3/t18-,19-,20+,24+/m1/s1. The molecule has 0 bridgehead atoms. The minimum Gasteiger partial charge on any atom is -0.456 e. The molecule has 0 unspecified atom stereocenters. The Bertz CT molecular complexity index is 690. The van der Waals surface area contributed by atoms with Gasteiger partial charge < -0.3 is 28.4 Å². The van der Waals surface area contributed by atoms with Gasteiger partial charge in [-0.05, 0) is 32.6 Å². The van der Waals surface area contributed by atoms with E-state index in [0.29, 0.717) is 12.2 Å². The minimum atomic E-state index is -1.17. The fraction of sp³-hybridized carbons (Fsp3) is 0.875. The van der Waals surface area contributed by atoms with Gasteiger partial charge >= 0.3 is 5.97 Å². The van der Waals surface area contributed by atoms with Crippen LogP contribution in [-0.2, 0) is 33.2 Å². The Hall–Kier alpha value is -0.990. The second-order valence-corrected chi connectivity index (χ2v) is 10.0. The second kappa shape index (κ2) is 8.41. The lowest BCUT2D eigenvalue weighted by Crippen LogP contribution is -2.60. The fourth-order valence-corrected chi connectivity index (χ4v) is 5.88. The van der Waals surface area contributed by atoms with Crippen LogP contribution in [0, 0.1) is 0 Å². The molecule has 4 atom stereocenters. The Morgan fingerprint density at radius 1 is 0.903 bits per heavy atom. The zero-order chi connectivity index (χ0) is 21.5. The number of carbonyl (C=O) groups excluding carboxylic acids is 1. The van der Waals surface area contributed by atoms with E-state index in [2.05, 4.69) is 6.58 Å². The van der Waals surface area contributed by atoms with E-state index in [9.17, 15) is 4.79 Å². The summed E-state index contributed by atoms with van der Waals surface area (Å²) in [7, 11) is 0. The number of fused-ring (bicyclic) bond motifs is 3. The zero-order valence-electron chi connectivity index (χ0n) is 18.7. The molecule has 3 heterocycles. The molecule has 7 heteroatoms. The van der Waals surface area contributed by atoms with Crippen LogP contribution < -0.4 is 0 Å². The van der Waals surface area contributed by atoms with Crippen molar-refractivity contribution in [2.75, 3.05) is 13.2 Å². The molecule has 5 fully saturated rings. The highest BCUT2D eigenvalue weighted by Crippen LogP contribution is 2.53. The molecular weight excluding hydrogens is 400 g/mol. The van der Waals surface area contributed by atoms with Gasteiger partial charge in [-0.15, -0.1) is 0 Å². The maximum Gasteiger partial charge on any atom is 0.333 e. The topological polar surface area (TPSA) is 72.5 Å². The predicted octanol–water partition coefficient (Wildman–Crippen LogP) is 4.13. The van der Waals surface area contributed by atoms with Gasteiger partial charge in [-0.3, -0.25) is 0 Å². The lowest BCUT2D eigenvalue weighted by atomic mass is 9.97. The highest BCUT2D eigenvalue weighted by atomic mass is 16.9. The van der Waals surface area contributed by atoms with Crippen molar-refractivity contribution in [2.45, 2.75) is 120 Å². The fourth-order valence-electron chi connectivity index (χ4n) is 5.88. The molecule has 174 valence electrons. The number of hydrogen-bond acceptors (Lipinski definition) is 7. The SMILES string of the molecule is C=C(C)C(=O)OC[C@@]12OC[C@H]3OC4(CCCCCC4)O[C@H]3[C@@H]1OC1(CCCCCC1)O2. The van der Waals surface area contributed by atoms with Crippen LogP contribution in [0.25, 0.3) is 0 Å². The molecule has 2 aliphatic carbocycles. The van der Waals surface area contributed by atoms with Crippen molar-refractivity contribution in [2.24, 2.45) is 0 Å². The zero-order valence-corrected chi connectivity index (χ0v) is 18.7. The van der Waals surface area contributed by atoms with E-state index in [-0.39, 0.29) is 18.8 Å². The molecular formula is C24H36O7. The highest BCUT2D eigenvalue weighted by molar-refractivity contribution is 5.86. The Balaban J connectivity index is 1.41. The molecule has 0 radical (unpaired) electrons. The Morgan fingerprint density at radius 3 is 2.13 bits per heavy atom. The molecule has 0 aromatic carbocycles. The van der Waals surface area contributed by atoms with Gasteiger partial charge in [0.15, 0.2) is 11.6 Å². The van der Waals surface area contributed by atoms with Crippen molar-refractivity contribution in [1.82, 2.24) is 0 Å². The highest BCUT2D eigenvalue weighted by Gasteiger charge is 2.68. The van der Waals surface area contributed by atoms with Crippen molar-refractivity contribution in [3.05, 3.63) is 12.2 Å². The maximum atomic E-state index is 12.2. The first kappa shape index (κ1) is 21.8. The molecule has 3 saturated heterocycles. The van der Waals surface area contributed by atoms with E-state index in [1.807, 2.05) is 0 Å². The van der Waals surface area contributed by atoms with Crippen molar-refractivity contribution < 1.29 is 33.2 Å². The number of hydrogen-bond donors (Lipinski definition) is 0. The summed E-state index contributed by atoms with van der Waals surface area (Å²) in [5.74, 6) is -2.89. The molecule has 2 spiro atoms. The number of carbonyl (C=O) groups is 1. The van der Waals surface area contributed by atoms with Crippen LogP contribution >= 0.6 is 0 Å². The average Bonchev–Trinajstić information content (AvgIpc) is 3.03. The van der Waals surface area contributed by atoms with Crippen molar-refractivity contribution >= 4 is 5.97 Å². The van der Waals surface area contributed by atoms with E-state index in [1.54, 1.807) is 6.92 Å². The van der Waals surface area contributed by atoms with Crippen molar-refractivity contribution in [3.8, 4) is 0 Å². The summed E-state index contributed by atoms with van der Waals surface area (Å²) in [4.78, 5) is 12.2. The van der Waals surface area contributed by atoms with Gasteiger partial charge in [0.1, 0.15) is 24.9 Å². The van der Waals surface area contributed by atoms with Crippen LogP contribution in [0.1, 0.15) is 84.0 Å². The van der Waals surface area contributed by atoms with E-state index in [0.717, 1.165) is 51.4 Å².